The van der Waals surface area contributed by atoms with E-state index in [1.807, 2.05) is 29.7 Å². The van der Waals surface area contributed by atoms with E-state index >= 15 is 0 Å². The highest BCUT2D eigenvalue weighted by Crippen LogP contribution is 2.25. The summed E-state index contributed by atoms with van der Waals surface area (Å²) in [5.74, 6) is 1.16. The maximum absolute atomic E-state index is 12.3. The molecule has 2 heterocycles. The molecule has 0 unspecified atom stereocenters. The van der Waals surface area contributed by atoms with Gasteiger partial charge in [-0.2, -0.15) is 0 Å². The first-order valence-electron chi connectivity index (χ1n) is 6.77. The molecule has 0 saturated carbocycles. The summed E-state index contributed by atoms with van der Waals surface area (Å²) in [5, 5.41) is 2.85. The molecule has 0 bridgehead atoms. The molecule has 0 spiro atoms. The highest BCUT2D eigenvalue weighted by atomic mass is 16.5. The first kappa shape index (κ1) is 13.6. The average Bonchev–Trinajstić information content (AvgIpc) is 2.91. The van der Waals surface area contributed by atoms with Crippen LogP contribution < -0.4 is 10.1 Å². The van der Waals surface area contributed by atoms with Gasteiger partial charge in [0, 0.05) is 12.7 Å². The van der Waals surface area contributed by atoms with E-state index in [2.05, 4.69) is 10.3 Å². The number of nitrogens with zero attached hydrogens (tertiary/aromatic N) is 2. The topological polar surface area (TPSA) is 65.4 Å². The van der Waals surface area contributed by atoms with Gasteiger partial charge in [0.25, 0.3) is 5.91 Å². The molecule has 1 amide bonds. The van der Waals surface area contributed by atoms with Gasteiger partial charge < -0.3 is 19.4 Å². The number of hydrogen-bond donors (Lipinski definition) is 1. The molecule has 2 aromatic rings. The lowest BCUT2D eigenvalue weighted by atomic mass is 10.2. The predicted octanol–water partition coefficient (Wildman–Crippen LogP) is 1.98. The Kier molecular flexibility index (Phi) is 3.62. The van der Waals surface area contributed by atoms with E-state index in [1.54, 1.807) is 13.3 Å². The second-order valence-electron chi connectivity index (χ2n) is 4.95. The van der Waals surface area contributed by atoms with Crippen molar-refractivity contribution >= 4 is 11.6 Å². The fourth-order valence-corrected chi connectivity index (χ4v) is 2.30. The van der Waals surface area contributed by atoms with E-state index < -0.39 is 0 Å². The van der Waals surface area contributed by atoms with E-state index in [0.717, 1.165) is 17.9 Å². The zero-order valence-corrected chi connectivity index (χ0v) is 12.0. The third kappa shape index (κ3) is 2.75. The minimum atomic E-state index is -0.249. The van der Waals surface area contributed by atoms with E-state index in [9.17, 15) is 4.79 Å². The summed E-state index contributed by atoms with van der Waals surface area (Å²) >= 11 is 0. The number of benzene rings is 1. The van der Waals surface area contributed by atoms with Crippen LogP contribution in [0.4, 0.5) is 5.69 Å². The SMILES string of the molecule is COc1ccc(C)cc1NC(=O)c1cn2c(n1)COCC2. The van der Waals surface area contributed by atoms with E-state index in [0.29, 0.717) is 30.3 Å². The summed E-state index contributed by atoms with van der Waals surface area (Å²) in [6, 6.07) is 5.63. The van der Waals surface area contributed by atoms with Crippen LogP contribution in [0.2, 0.25) is 0 Å². The number of aryl methyl sites for hydroxylation is 1. The minimum Gasteiger partial charge on any atom is -0.495 e. The smallest absolute Gasteiger partial charge is 0.275 e. The number of anilines is 1. The van der Waals surface area contributed by atoms with Crippen LogP contribution in [0.25, 0.3) is 0 Å². The molecule has 21 heavy (non-hydrogen) atoms. The molecule has 6 nitrogen and oxygen atoms in total. The molecular weight excluding hydrogens is 270 g/mol. The Morgan fingerprint density at radius 2 is 2.33 bits per heavy atom. The molecule has 1 N–H and O–H groups in total. The number of aromatic nitrogens is 2. The molecule has 0 fully saturated rings. The first-order valence-corrected chi connectivity index (χ1v) is 6.77. The molecule has 0 saturated heterocycles. The summed E-state index contributed by atoms with van der Waals surface area (Å²) in [7, 11) is 1.58. The van der Waals surface area contributed by atoms with Crippen LogP contribution >= 0.6 is 0 Å². The highest BCUT2D eigenvalue weighted by molar-refractivity contribution is 6.03. The van der Waals surface area contributed by atoms with Crippen molar-refractivity contribution in [3.05, 3.63) is 41.5 Å². The zero-order valence-electron chi connectivity index (χ0n) is 12.0. The molecule has 6 heteroatoms. The lowest BCUT2D eigenvalue weighted by molar-refractivity contribution is 0.0816. The third-order valence-electron chi connectivity index (χ3n) is 3.40. The maximum Gasteiger partial charge on any atom is 0.275 e. The van der Waals surface area contributed by atoms with Crippen LogP contribution in [0.15, 0.2) is 24.4 Å². The monoisotopic (exact) mass is 287 g/mol. The summed E-state index contributed by atoms with van der Waals surface area (Å²) in [5.41, 5.74) is 2.08. The van der Waals surface area contributed by atoms with Gasteiger partial charge in [-0.05, 0) is 24.6 Å². The van der Waals surface area contributed by atoms with Crippen molar-refractivity contribution < 1.29 is 14.3 Å². The standard InChI is InChI=1S/C15H17N3O3/c1-10-3-4-13(20-2)11(7-10)17-15(19)12-8-18-5-6-21-9-14(18)16-12/h3-4,7-8H,5-6,9H2,1-2H3,(H,17,19). The van der Waals surface area contributed by atoms with Crippen molar-refractivity contribution in [2.75, 3.05) is 19.0 Å². The van der Waals surface area contributed by atoms with Crippen molar-refractivity contribution in [2.45, 2.75) is 20.1 Å². The van der Waals surface area contributed by atoms with Crippen molar-refractivity contribution in [3.63, 3.8) is 0 Å². The predicted molar refractivity (Wildman–Crippen MR) is 77.6 cm³/mol. The van der Waals surface area contributed by atoms with Gasteiger partial charge in [-0.3, -0.25) is 4.79 Å². The zero-order chi connectivity index (χ0) is 14.8. The summed E-state index contributed by atoms with van der Waals surface area (Å²) in [6.45, 7) is 3.78. The fraction of sp³-hybridized carbons (Fsp3) is 0.333. The Balaban J connectivity index is 1.83. The number of ether oxygens (including phenoxy) is 2. The average molecular weight is 287 g/mol. The van der Waals surface area contributed by atoms with Crippen LogP contribution in [-0.2, 0) is 17.9 Å². The number of carbonyl (C=O) groups excluding carboxylic acids is 1. The largest absolute Gasteiger partial charge is 0.495 e. The Bertz CT molecular complexity index is 655. The summed E-state index contributed by atoms with van der Waals surface area (Å²) in [4.78, 5) is 16.6. The number of carbonyl (C=O) groups is 1. The van der Waals surface area contributed by atoms with Crippen molar-refractivity contribution in [3.8, 4) is 5.75 Å². The molecule has 1 aromatic heterocycles. The fourth-order valence-electron chi connectivity index (χ4n) is 2.30. The molecule has 3 rings (SSSR count). The van der Waals surface area contributed by atoms with Crippen LogP contribution in [-0.4, -0.2) is 29.2 Å². The number of fused-ring (bicyclic) bond motifs is 1. The lowest BCUT2D eigenvalue weighted by Gasteiger charge is -2.13. The van der Waals surface area contributed by atoms with Crippen LogP contribution in [0, 0.1) is 6.92 Å². The van der Waals surface area contributed by atoms with Gasteiger partial charge >= 0.3 is 0 Å². The normalized spacial score (nSPS) is 13.6. The number of rotatable bonds is 3. The maximum atomic E-state index is 12.3. The number of imidazole rings is 1. The van der Waals surface area contributed by atoms with Gasteiger partial charge in [0.2, 0.25) is 0 Å². The molecule has 0 aliphatic carbocycles. The Morgan fingerprint density at radius 3 is 3.10 bits per heavy atom. The number of nitrogens with one attached hydrogen (secondary N) is 1. The first-order chi connectivity index (χ1) is 10.2. The Hall–Kier alpha value is -2.34. The second-order valence-corrected chi connectivity index (χ2v) is 4.95. The van der Waals surface area contributed by atoms with Gasteiger partial charge in [-0.1, -0.05) is 6.07 Å². The second kappa shape index (κ2) is 5.57. The van der Waals surface area contributed by atoms with Crippen molar-refractivity contribution in [1.82, 2.24) is 9.55 Å². The molecule has 0 atom stereocenters. The van der Waals surface area contributed by atoms with Gasteiger partial charge in [0.05, 0.1) is 19.4 Å². The number of hydrogen-bond acceptors (Lipinski definition) is 4. The third-order valence-corrected chi connectivity index (χ3v) is 3.40. The molecule has 110 valence electrons. The molecule has 1 aliphatic heterocycles. The van der Waals surface area contributed by atoms with Crippen molar-refractivity contribution in [2.24, 2.45) is 0 Å². The van der Waals surface area contributed by atoms with E-state index in [-0.39, 0.29) is 5.91 Å². The van der Waals surface area contributed by atoms with Gasteiger partial charge in [0.15, 0.2) is 0 Å². The quantitative estimate of drug-likeness (QED) is 0.937. The highest BCUT2D eigenvalue weighted by Gasteiger charge is 2.18. The molecule has 1 aliphatic rings. The van der Waals surface area contributed by atoms with Gasteiger partial charge in [-0.25, -0.2) is 4.98 Å². The Morgan fingerprint density at radius 1 is 1.48 bits per heavy atom. The van der Waals surface area contributed by atoms with E-state index in [4.69, 9.17) is 9.47 Å². The van der Waals surface area contributed by atoms with Crippen LogP contribution in [0.1, 0.15) is 21.9 Å². The minimum absolute atomic E-state index is 0.249. The Labute approximate surface area is 122 Å². The van der Waals surface area contributed by atoms with Crippen LogP contribution in [0.5, 0.6) is 5.75 Å². The lowest BCUT2D eigenvalue weighted by Crippen LogP contribution is -2.15. The van der Waals surface area contributed by atoms with Crippen LogP contribution in [0.3, 0.4) is 0 Å². The summed E-state index contributed by atoms with van der Waals surface area (Å²) < 4.78 is 12.5. The number of amides is 1. The van der Waals surface area contributed by atoms with E-state index in [1.165, 1.54) is 0 Å². The summed E-state index contributed by atoms with van der Waals surface area (Å²) in [6.07, 6.45) is 1.76. The molecule has 1 aromatic carbocycles. The van der Waals surface area contributed by atoms with Gasteiger partial charge in [-0.15, -0.1) is 0 Å². The van der Waals surface area contributed by atoms with Crippen molar-refractivity contribution in [1.29, 1.82) is 0 Å². The number of methoxy groups -OCH3 is 1. The van der Waals surface area contributed by atoms with Gasteiger partial charge in [0.1, 0.15) is 23.9 Å². The molecule has 0 radical (unpaired) electrons. The molecular formula is C15H17N3O3.